The van der Waals surface area contributed by atoms with Crippen LogP contribution in [0.2, 0.25) is 0 Å². The summed E-state index contributed by atoms with van der Waals surface area (Å²) in [7, 11) is 0. The second kappa shape index (κ2) is 2.42. The van der Waals surface area contributed by atoms with Crippen LogP contribution in [0.3, 0.4) is 0 Å². The highest BCUT2D eigenvalue weighted by Crippen LogP contribution is 2.09. The number of aromatic amines is 1. The van der Waals surface area contributed by atoms with Crippen molar-refractivity contribution < 1.29 is 0 Å². The molecule has 5 heteroatoms. The van der Waals surface area contributed by atoms with E-state index in [-0.39, 0.29) is 5.69 Å². The van der Waals surface area contributed by atoms with Gasteiger partial charge in [0.05, 0.1) is 0 Å². The fourth-order valence-corrected chi connectivity index (χ4v) is 1.33. The number of rotatable bonds is 0. The topological polar surface area (TPSA) is 63.0 Å². The van der Waals surface area contributed by atoms with Crippen LogP contribution in [0.4, 0.5) is 0 Å². The molecule has 0 fully saturated rings. The maximum atomic E-state index is 11.3. The molecule has 68 valence electrons. The second-order valence-corrected chi connectivity index (χ2v) is 3.07. The first-order chi connectivity index (χ1) is 6.11. The average Bonchev–Trinajstić information content (AvgIpc) is 2.43. The van der Waals surface area contributed by atoms with Crippen LogP contribution in [0.1, 0.15) is 17.0 Å². The summed E-state index contributed by atoms with van der Waals surface area (Å²) in [6.07, 6.45) is 0. The van der Waals surface area contributed by atoms with Gasteiger partial charge >= 0.3 is 5.69 Å². The number of fused-ring (bicyclic) bond motifs is 1. The zero-order valence-corrected chi connectivity index (χ0v) is 7.75. The van der Waals surface area contributed by atoms with E-state index in [4.69, 9.17) is 0 Å². The molecule has 1 N–H and O–H groups in total. The summed E-state index contributed by atoms with van der Waals surface area (Å²) in [5.74, 6) is 0.436. The fourth-order valence-electron chi connectivity index (χ4n) is 1.33. The van der Waals surface area contributed by atoms with Crippen molar-refractivity contribution in [3.8, 4) is 0 Å². The third-order valence-electron chi connectivity index (χ3n) is 2.34. The third-order valence-corrected chi connectivity index (χ3v) is 2.34. The minimum atomic E-state index is -0.233. The normalized spacial score (nSPS) is 11.0. The molecule has 0 unspecified atom stereocenters. The number of H-pyrrole nitrogens is 1. The van der Waals surface area contributed by atoms with Crippen LogP contribution < -0.4 is 5.69 Å². The first kappa shape index (κ1) is 7.97. The van der Waals surface area contributed by atoms with Crippen molar-refractivity contribution in [3.05, 3.63) is 27.4 Å². The molecule has 0 amide bonds. The first-order valence-corrected chi connectivity index (χ1v) is 4.02. The van der Waals surface area contributed by atoms with Gasteiger partial charge in [0, 0.05) is 11.4 Å². The van der Waals surface area contributed by atoms with Gasteiger partial charge in [-0.1, -0.05) is 0 Å². The second-order valence-electron chi connectivity index (χ2n) is 3.07. The average molecular weight is 178 g/mol. The van der Waals surface area contributed by atoms with Crippen LogP contribution in [0, 0.1) is 20.8 Å². The van der Waals surface area contributed by atoms with Crippen molar-refractivity contribution in [2.24, 2.45) is 0 Å². The predicted molar refractivity (Wildman–Crippen MR) is 47.8 cm³/mol. The van der Waals surface area contributed by atoms with Gasteiger partial charge in [-0.3, -0.25) is 0 Å². The minimum absolute atomic E-state index is 0.233. The lowest BCUT2D eigenvalue weighted by molar-refractivity contribution is 0.946. The minimum Gasteiger partial charge on any atom is -0.246 e. The quantitative estimate of drug-likeness (QED) is 0.632. The molecule has 13 heavy (non-hydrogen) atoms. The van der Waals surface area contributed by atoms with Gasteiger partial charge in [0.1, 0.15) is 0 Å². The van der Waals surface area contributed by atoms with Crippen LogP contribution in [0.15, 0.2) is 4.79 Å². The van der Waals surface area contributed by atoms with Crippen LogP contribution >= 0.6 is 0 Å². The van der Waals surface area contributed by atoms with Crippen molar-refractivity contribution in [1.29, 1.82) is 0 Å². The van der Waals surface area contributed by atoms with Crippen LogP contribution in [0.5, 0.6) is 0 Å². The molecule has 0 aliphatic carbocycles. The SMILES string of the molecule is Cc1nc2n[nH]c(=O)n2c(C)c1C. The highest BCUT2D eigenvalue weighted by molar-refractivity contribution is 5.35. The van der Waals surface area contributed by atoms with Gasteiger partial charge < -0.3 is 0 Å². The van der Waals surface area contributed by atoms with Crippen molar-refractivity contribution in [3.63, 3.8) is 0 Å². The largest absolute Gasteiger partial charge is 0.349 e. The lowest BCUT2D eigenvalue weighted by Gasteiger charge is -2.04. The summed E-state index contributed by atoms with van der Waals surface area (Å²) in [6, 6.07) is 0. The smallest absolute Gasteiger partial charge is 0.246 e. The Balaban J connectivity index is 3.06. The Kier molecular flexibility index (Phi) is 1.48. The lowest BCUT2D eigenvalue weighted by atomic mass is 10.2. The van der Waals surface area contributed by atoms with Gasteiger partial charge in [0.15, 0.2) is 0 Å². The molecule has 2 rings (SSSR count). The molecular weight excluding hydrogens is 168 g/mol. The Hall–Kier alpha value is -1.65. The number of hydrogen-bond donors (Lipinski definition) is 1. The number of aromatic nitrogens is 4. The Bertz CT molecular complexity index is 523. The zero-order valence-electron chi connectivity index (χ0n) is 7.75. The maximum absolute atomic E-state index is 11.3. The monoisotopic (exact) mass is 178 g/mol. The summed E-state index contributed by atoms with van der Waals surface area (Å²) in [4.78, 5) is 15.4. The summed E-state index contributed by atoms with van der Waals surface area (Å²) in [6.45, 7) is 5.73. The molecular formula is C8H10N4O. The number of aryl methyl sites for hydroxylation is 2. The molecule has 2 heterocycles. The van der Waals surface area contributed by atoms with Crippen LogP contribution in [-0.2, 0) is 0 Å². The summed E-state index contributed by atoms with van der Waals surface area (Å²) < 4.78 is 1.47. The van der Waals surface area contributed by atoms with E-state index < -0.39 is 0 Å². The Morgan fingerprint density at radius 2 is 2.00 bits per heavy atom. The third kappa shape index (κ3) is 0.965. The lowest BCUT2D eigenvalue weighted by Crippen LogP contribution is -2.14. The van der Waals surface area contributed by atoms with Crippen LogP contribution in [0.25, 0.3) is 5.78 Å². The molecule has 0 atom stereocenters. The Labute approximate surface area is 74.4 Å². The molecule has 0 aromatic carbocycles. The fraction of sp³-hybridized carbons (Fsp3) is 0.375. The molecule has 0 aliphatic rings. The van der Waals surface area contributed by atoms with Crippen molar-refractivity contribution in [2.75, 3.05) is 0 Å². The van der Waals surface area contributed by atoms with Crippen molar-refractivity contribution in [2.45, 2.75) is 20.8 Å². The molecule has 2 aromatic heterocycles. The van der Waals surface area contributed by atoms with Crippen molar-refractivity contribution >= 4 is 5.78 Å². The highest BCUT2D eigenvalue weighted by atomic mass is 16.1. The van der Waals surface area contributed by atoms with E-state index in [1.807, 2.05) is 20.8 Å². The van der Waals surface area contributed by atoms with Gasteiger partial charge in [-0.05, 0) is 26.3 Å². The summed E-state index contributed by atoms with van der Waals surface area (Å²) in [5.41, 5.74) is 2.59. The highest BCUT2D eigenvalue weighted by Gasteiger charge is 2.08. The molecule has 5 nitrogen and oxygen atoms in total. The van der Waals surface area contributed by atoms with Gasteiger partial charge in [0.25, 0.3) is 5.78 Å². The predicted octanol–water partition coefficient (Wildman–Crippen LogP) is 0.343. The van der Waals surface area contributed by atoms with Gasteiger partial charge in [-0.25, -0.2) is 19.3 Å². The Morgan fingerprint density at radius 3 is 2.69 bits per heavy atom. The molecule has 0 aliphatic heterocycles. The van der Waals surface area contributed by atoms with E-state index in [1.54, 1.807) is 0 Å². The van der Waals surface area contributed by atoms with E-state index in [2.05, 4.69) is 15.2 Å². The van der Waals surface area contributed by atoms with Gasteiger partial charge in [0.2, 0.25) is 0 Å². The molecule has 0 saturated carbocycles. The summed E-state index contributed by atoms with van der Waals surface area (Å²) >= 11 is 0. The van der Waals surface area contributed by atoms with Gasteiger partial charge in [-0.15, -0.1) is 5.10 Å². The van der Waals surface area contributed by atoms with Gasteiger partial charge in [-0.2, -0.15) is 0 Å². The van der Waals surface area contributed by atoms with Crippen molar-refractivity contribution in [1.82, 2.24) is 19.6 Å². The Morgan fingerprint density at radius 1 is 1.31 bits per heavy atom. The van der Waals surface area contributed by atoms with E-state index in [9.17, 15) is 4.79 Å². The van der Waals surface area contributed by atoms with E-state index >= 15 is 0 Å². The molecule has 2 aromatic rings. The van der Waals surface area contributed by atoms with Crippen LogP contribution in [-0.4, -0.2) is 19.6 Å². The van der Waals surface area contributed by atoms with E-state index in [0.717, 1.165) is 17.0 Å². The molecule has 0 spiro atoms. The molecule has 0 saturated heterocycles. The number of nitrogens with one attached hydrogen (secondary N) is 1. The molecule has 0 radical (unpaired) electrons. The molecule has 0 bridgehead atoms. The maximum Gasteiger partial charge on any atom is 0.349 e. The van der Waals surface area contributed by atoms with E-state index in [0.29, 0.717) is 5.78 Å². The standard InChI is InChI=1S/C8H10N4O/c1-4-5(2)9-7-10-11-8(13)12(7)6(4)3/h1-3H3,(H,11,13). The summed E-state index contributed by atoms with van der Waals surface area (Å²) in [5, 5.41) is 6.16. The first-order valence-electron chi connectivity index (χ1n) is 4.02. The number of nitrogens with zero attached hydrogens (tertiary/aromatic N) is 3. The zero-order chi connectivity index (χ0) is 9.59. The number of hydrogen-bond acceptors (Lipinski definition) is 3. The van der Waals surface area contributed by atoms with E-state index in [1.165, 1.54) is 4.40 Å².